The van der Waals surface area contributed by atoms with Gasteiger partial charge in [-0.25, -0.2) is 19.2 Å². The predicted molar refractivity (Wildman–Crippen MR) is 220 cm³/mol. The number of hydrogen-bond acceptors (Lipinski definition) is 11. The lowest BCUT2D eigenvalue weighted by Gasteiger charge is -2.39. The molecule has 0 amide bonds. The van der Waals surface area contributed by atoms with Gasteiger partial charge >= 0.3 is 29.9 Å². The minimum Gasteiger partial charge on any atom is -0.478 e. The fourth-order valence-electron chi connectivity index (χ4n) is 6.12. The van der Waals surface area contributed by atoms with Gasteiger partial charge in [0.15, 0.2) is 0 Å². The van der Waals surface area contributed by atoms with Gasteiger partial charge in [0, 0.05) is 0 Å². The lowest BCUT2D eigenvalue weighted by atomic mass is 9.98. The van der Waals surface area contributed by atoms with E-state index in [0.717, 1.165) is 128 Å². The van der Waals surface area contributed by atoms with Crippen LogP contribution in [0.1, 0.15) is 198 Å². The molecule has 0 aliphatic rings. The zero-order valence-electron chi connectivity index (χ0n) is 35.9. The van der Waals surface area contributed by atoms with Crippen LogP contribution in [0, 0.1) is 0 Å². The molecule has 0 saturated heterocycles. The second-order valence-electron chi connectivity index (χ2n) is 14.5. The Balaban J connectivity index is 3.11. The summed E-state index contributed by atoms with van der Waals surface area (Å²) >= 11 is 0. The zero-order chi connectivity index (χ0) is 42.9. The highest BCUT2D eigenvalue weighted by atomic mass is 16.9. The molecule has 58 heavy (non-hydrogen) atoms. The average Bonchev–Trinajstić information content (AvgIpc) is 3.20. The number of ether oxygens (including phenoxy) is 7. The van der Waals surface area contributed by atoms with Crippen molar-refractivity contribution in [2.24, 2.45) is 0 Å². The molecule has 0 fully saturated rings. The van der Waals surface area contributed by atoms with E-state index < -0.39 is 58.4 Å². The molecular weight excluding hydrogens is 752 g/mol. The van der Waals surface area contributed by atoms with E-state index in [9.17, 15) is 34.5 Å². The molecule has 0 aliphatic carbocycles. The Bertz CT molecular complexity index is 1230. The molecule has 1 rings (SSSR count). The molecule has 0 radical (unpaired) electrons. The molecule has 0 heterocycles. The molecule has 1 aromatic rings. The van der Waals surface area contributed by atoms with Gasteiger partial charge in [-0.1, -0.05) is 130 Å². The maximum atomic E-state index is 12.8. The van der Waals surface area contributed by atoms with Crippen LogP contribution in [-0.4, -0.2) is 104 Å². The van der Waals surface area contributed by atoms with E-state index in [1.807, 2.05) is 0 Å². The van der Waals surface area contributed by atoms with E-state index in [1.54, 1.807) is 0 Å². The van der Waals surface area contributed by atoms with Gasteiger partial charge in [-0.3, -0.25) is 0 Å². The zero-order valence-corrected chi connectivity index (χ0v) is 35.9. The molecule has 1 unspecified atom stereocenters. The summed E-state index contributed by atoms with van der Waals surface area (Å²) in [6.07, 6.45) is 20.0. The van der Waals surface area contributed by atoms with E-state index in [4.69, 9.17) is 33.2 Å². The lowest BCUT2D eigenvalue weighted by molar-refractivity contribution is -0.457. The van der Waals surface area contributed by atoms with Crippen molar-refractivity contribution in [3.05, 3.63) is 34.4 Å². The first-order valence-corrected chi connectivity index (χ1v) is 21.9. The third kappa shape index (κ3) is 22.3. The number of aromatic carboxylic acids is 3. The maximum absolute atomic E-state index is 12.8. The van der Waals surface area contributed by atoms with Crippen molar-refractivity contribution in [1.29, 1.82) is 0 Å². The average molecular weight is 827 g/mol. The number of hydrogen-bond donors (Lipinski definition) is 3. The molecule has 0 spiro atoms. The first-order valence-electron chi connectivity index (χ1n) is 21.9. The van der Waals surface area contributed by atoms with E-state index in [-0.39, 0.29) is 26.4 Å². The van der Waals surface area contributed by atoms with Crippen LogP contribution in [0.3, 0.4) is 0 Å². The van der Waals surface area contributed by atoms with Gasteiger partial charge in [-0.2, -0.15) is 0 Å². The van der Waals surface area contributed by atoms with Crippen LogP contribution in [0.4, 0.5) is 0 Å². The summed E-state index contributed by atoms with van der Waals surface area (Å²) in [5.41, 5.74) is -2.80. The van der Waals surface area contributed by atoms with Gasteiger partial charge in [0.1, 0.15) is 6.61 Å². The fraction of sp³-hybridized carbons (Fsp3) is 0.773. The number of unbranched alkanes of at least 4 members (excludes halogenated alkanes) is 16. The molecule has 1 aromatic carbocycles. The van der Waals surface area contributed by atoms with Crippen LogP contribution in [0.2, 0.25) is 0 Å². The summed E-state index contributed by atoms with van der Waals surface area (Å²) in [5, 5.41) is 28.4. The normalized spacial score (nSPS) is 12.1. The number of esters is 1. The van der Waals surface area contributed by atoms with E-state index in [1.165, 1.54) is 0 Å². The minimum absolute atomic E-state index is 0.0531. The quantitative estimate of drug-likeness (QED) is 0.0321. The lowest BCUT2D eigenvalue weighted by Crippen LogP contribution is -2.53. The number of rotatable bonds is 40. The van der Waals surface area contributed by atoms with Gasteiger partial charge in [0.2, 0.25) is 6.29 Å². The Morgan fingerprint density at radius 2 is 0.793 bits per heavy atom. The van der Waals surface area contributed by atoms with E-state index in [2.05, 4.69) is 27.7 Å². The summed E-state index contributed by atoms with van der Waals surface area (Å²) in [6.45, 7) is 10.1. The number of carbonyl (C=O) groups is 4. The summed E-state index contributed by atoms with van der Waals surface area (Å²) < 4.78 is 43.3. The topological polar surface area (TPSA) is 194 Å². The monoisotopic (exact) mass is 827 g/mol. The van der Waals surface area contributed by atoms with Gasteiger partial charge in [0.05, 0.1) is 68.5 Å². The second-order valence-corrected chi connectivity index (χ2v) is 14.5. The van der Waals surface area contributed by atoms with Gasteiger partial charge in [-0.15, -0.1) is 0 Å². The standard InChI is InChI=1S/C44H74O14/c1-5-9-13-17-21-25-54-43(44(56-26-22-18-14-10-6-2,57-27-23-19-15-11-7-3)58-28-24-20-16-12-8-4)55-32-30-52-29-31-53-42(51)38-34-36(40(47)48)35(39(45)46)33-37(38)41(49)50/h33-34,43H,5-32H2,1-4H3,(H,45,46)(H,47,48)(H,49,50). The Morgan fingerprint density at radius 1 is 0.448 bits per heavy atom. The van der Waals surface area contributed by atoms with E-state index >= 15 is 0 Å². The minimum atomic E-state index is -1.65. The van der Waals surface area contributed by atoms with Gasteiger partial charge in [-0.05, 0) is 37.8 Å². The van der Waals surface area contributed by atoms with Crippen molar-refractivity contribution in [3.8, 4) is 0 Å². The largest absolute Gasteiger partial charge is 0.478 e. The number of carboxylic acids is 3. The van der Waals surface area contributed by atoms with Crippen LogP contribution in [0.25, 0.3) is 0 Å². The van der Waals surface area contributed by atoms with Crippen molar-refractivity contribution >= 4 is 23.9 Å². The summed E-state index contributed by atoms with van der Waals surface area (Å²) in [5.74, 6) is -7.63. The smallest absolute Gasteiger partial charge is 0.339 e. The first-order chi connectivity index (χ1) is 28.1. The SMILES string of the molecule is CCCCCCCOC(OCCOCCOC(=O)c1cc(C(=O)O)c(C(=O)O)cc1C(=O)O)C(OCCCCCCC)(OCCCCCCC)OCCCCCCC. The third-order valence-electron chi connectivity index (χ3n) is 9.49. The highest BCUT2D eigenvalue weighted by molar-refractivity contribution is 6.09. The Labute approximate surface area is 346 Å². The van der Waals surface area contributed by atoms with Crippen LogP contribution >= 0.6 is 0 Å². The van der Waals surface area contributed by atoms with E-state index in [0.29, 0.717) is 38.6 Å². The van der Waals surface area contributed by atoms with Crippen LogP contribution in [0.5, 0.6) is 0 Å². The summed E-state index contributed by atoms with van der Waals surface area (Å²) in [4.78, 5) is 47.8. The maximum Gasteiger partial charge on any atom is 0.339 e. The number of carboxylic acid groups (broad SMARTS) is 3. The van der Waals surface area contributed by atoms with Crippen molar-refractivity contribution in [2.75, 3.05) is 52.9 Å². The summed E-state index contributed by atoms with van der Waals surface area (Å²) in [7, 11) is 0. The second kappa shape index (κ2) is 33.7. The van der Waals surface area contributed by atoms with Crippen LogP contribution in [-0.2, 0) is 33.2 Å². The molecule has 0 aliphatic heterocycles. The van der Waals surface area contributed by atoms with Crippen LogP contribution < -0.4 is 0 Å². The third-order valence-corrected chi connectivity index (χ3v) is 9.49. The predicted octanol–water partition coefficient (Wildman–Crippen LogP) is 9.90. The molecule has 14 nitrogen and oxygen atoms in total. The summed E-state index contributed by atoms with van der Waals surface area (Å²) in [6, 6.07) is 1.32. The molecular formula is C44H74O14. The van der Waals surface area contributed by atoms with Crippen molar-refractivity contribution in [3.63, 3.8) is 0 Å². The Hall–Kier alpha value is -3.14. The molecule has 3 N–H and O–H groups in total. The van der Waals surface area contributed by atoms with Crippen molar-refractivity contribution in [2.45, 2.75) is 168 Å². The first kappa shape index (κ1) is 52.9. The molecule has 0 saturated carbocycles. The van der Waals surface area contributed by atoms with Gasteiger partial charge in [0.25, 0.3) is 0 Å². The Kier molecular flexibility index (Phi) is 30.7. The van der Waals surface area contributed by atoms with Gasteiger partial charge < -0.3 is 48.5 Å². The highest BCUT2D eigenvalue weighted by Crippen LogP contribution is 2.28. The number of benzene rings is 1. The highest BCUT2D eigenvalue weighted by Gasteiger charge is 2.45. The van der Waals surface area contributed by atoms with Crippen molar-refractivity contribution < 1.29 is 67.7 Å². The van der Waals surface area contributed by atoms with Crippen LogP contribution in [0.15, 0.2) is 12.1 Å². The molecule has 0 aromatic heterocycles. The number of carbonyl (C=O) groups excluding carboxylic acids is 1. The molecule has 0 bridgehead atoms. The molecule has 1 atom stereocenters. The van der Waals surface area contributed by atoms with Crippen molar-refractivity contribution in [1.82, 2.24) is 0 Å². The Morgan fingerprint density at radius 3 is 1.21 bits per heavy atom. The fourth-order valence-corrected chi connectivity index (χ4v) is 6.12. The molecule has 334 valence electrons. The molecule has 14 heteroatoms.